The highest BCUT2D eigenvalue weighted by Crippen LogP contribution is 2.01. The molecule has 0 N–H and O–H groups in total. The van der Waals surface area contributed by atoms with Crippen LogP contribution < -0.4 is 0 Å². The van der Waals surface area contributed by atoms with Crippen LogP contribution in [0.15, 0.2) is 18.3 Å². The fraction of sp³-hybridized carbons (Fsp3) is 0.375. The Hall–Kier alpha value is -1.25. The Balaban J connectivity index is 2.76. The molecule has 1 aromatic rings. The first-order valence-electron chi connectivity index (χ1n) is 3.54. The molecule has 0 radical (unpaired) electrons. The third kappa shape index (κ3) is 1.61. The SMILES string of the molecule is CCOC(=O)c1cccn1C. The van der Waals surface area contributed by atoms with Crippen molar-refractivity contribution in [3.63, 3.8) is 0 Å². The Morgan fingerprint density at radius 2 is 2.45 bits per heavy atom. The molecule has 1 aromatic heterocycles. The third-order valence-electron chi connectivity index (χ3n) is 1.43. The summed E-state index contributed by atoms with van der Waals surface area (Å²) in [5.41, 5.74) is 0.590. The highest BCUT2D eigenvalue weighted by Gasteiger charge is 2.07. The molecule has 0 saturated heterocycles. The van der Waals surface area contributed by atoms with Gasteiger partial charge in [0.2, 0.25) is 0 Å². The summed E-state index contributed by atoms with van der Waals surface area (Å²) in [5, 5.41) is 0. The number of carbonyl (C=O) groups excluding carboxylic acids is 1. The van der Waals surface area contributed by atoms with Crippen LogP contribution >= 0.6 is 0 Å². The monoisotopic (exact) mass is 153 g/mol. The van der Waals surface area contributed by atoms with E-state index in [0.717, 1.165) is 0 Å². The van der Waals surface area contributed by atoms with Crippen molar-refractivity contribution in [2.45, 2.75) is 6.92 Å². The highest BCUT2D eigenvalue weighted by molar-refractivity contribution is 5.87. The van der Waals surface area contributed by atoms with Crippen LogP contribution in [0, 0.1) is 0 Å². The van der Waals surface area contributed by atoms with Gasteiger partial charge >= 0.3 is 5.97 Å². The first-order valence-corrected chi connectivity index (χ1v) is 3.54. The Morgan fingerprint density at radius 3 is 2.91 bits per heavy atom. The summed E-state index contributed by atoms with van der Waals surface area (Å²) in [6.45, 7) is 2.21. The zero-order valence-electron chi connectivity index (χ0n) is 6.70. The van der Waals surface area contributed by atoms with E-state index in [-0.39, 0.29) is 5.97 Å². The van der Waals surface area contributed by atoms with E-state index < -0.39 is 0 Å². The van der Waals surface area contributed by atoms with Crippen molar-refractivity contribution in [3.8, 4) is 0 Å². The molecular weight excluding hydrogens is 142 g/mol. The summed E-state index contributed by atoms with van der Waals surface area (Å²) >= 11 is 0. The molecule has 0 saturated carbocycles. The molecule has 1 rings (SSSR count). The van der Waals surface area contributed by atoms with Gasteiger partial charge in [0.05, 0.1) is 6.61 Å². The molecule has 0 aromatic carbocycles. The van der Waals surface area contributed by atoms with Gasteiger partial charge in [0.1, 0.15) is 5.69 Å². The first kappa shape index (κ1) is 7.85. The largest absolute Gasteiger partial charge is 0.461 e. The molecular formula is C8H11NO2. The fourth-order valence-electron chi connectivity index (χ4n) is 0.878. The molecule has 3 heteroatoms. The first-order chi connectivity index (χ1) is 5.25. The van der Waals surface area contributed by atoms with Crippen LogP contribution in [0.3, 0.4) is 0 Å². The summed E-state index contributed by atoms with van der Waals surface area (Å²) in [6, 6.07) is 3.55. The minimum Gasteiger partial charge on any atom is -0.461 e. The molecule has 0 bridgehead atoms. The molecule has 0 fully saturated rings. The molecule has 0 aliphatic carbocycles. The summed E-state index contributed by atoms with van der Waals surface area (Å²) < 4.78 is 6.54. The maximum atomic E-state index is 11.1. The number of rotatable bonds is 2. The van der Waals surface area contributed by atoms with Gasteiger partial charge in [-0.15, -0.1) is 0 Å². The van der Waals surface area contributed by atoms with Gasteiger partial charge in [-0.3, -0.25) is 0 Å². The molecule has 0 amide bonds. The lowest BCUT2D eigenvalue weighted by Gasteiger charge is -2.01. The van der Waals surface area contributed by atoms with Crippen LogP contribution in [0.1, 0.15) is 17.4 Å². The minimum absolute atomic E-state index is 0.264. The van der Waals surface area contributed by atoms with Gasteiger partial charge < -0.3 is 9.30 Å². The van der Waals surface area contributed by atoms with Gasteiger partial charge in [-0.2, -0.15) is 0 Å². The molecule has 0 aliphatic rings. The van der Waals surface area contributed by atoms with E-state index in [0.29, 0.717) is 12.3 Å². The van der Waals surface area contributed by atoms with Crippen LogP contribution in [0.5, 0.6) is 0 Å². The van der Waals surface area contributed by atoms with E-state index >= 15 is 0 Å². The zero-order valence-corrected chi connectivity index (χ0v) is 6.70. The second kappa shape index (κ2) is 3.23. The average Bonchev–Trinajstić information content (AvgIpc) is 2.36. The molecule has 60 valence electrons. The van der Waals surface area contributed by atoms with Gasteiger partial charge in [-0.05, 0) is 19.1 Å². The molecule has 11 heavy (non-hydrogen) atoms. The van der Waals surface area contributed by atoms with Crippen molar-refractivity contribution in [2.75, 3.05) is 6.61 Å². The average molecular weight is 153 g/mol. The van der Waals surface area contributed by atoms with Crippen LogP contribution in [0.4, 0.5) is 0 Å². The van der Waals surface area contributed by atoms with E-state index in [2.05, 4.69) is 0 Å². The molecule has 1 heterocycles. The molecule has 0 spiro atoms. The number of ether oxygens (including phenoxy) is 1. The minimum atomic E-state index is -0.264. The number of carbonyl (C=O) groups is 1. The van der Waals surface area contributed by atoms with Crippen molar-refractivity contribution in [3.05, 3.63) is 24.0 Å². The zero-order chi connectivity index (χ0) is 8.27. The van der Waals surface area contributed by atoms with Gasteiger partial charge in [0.25, 0.3) is 0 Å². The van der Waals surface area contributed by atoms with E-state index in [9.17, 15) is 4.79 Å². The predicted molar refractivity (Wildman–Crippen MR) is 41.4 cm³/mol. The molecule has 0 aliphatic heterocycles. The van der Waals surface area contributed by atoms with Gasteiger partial charge in [-0.25, -0.2) is 4.79 Å². The molecule has 0 unspecified atom stereocenters. The van der Waals surface area contributed by atoms with Crippen LogP contribution in [0.25, 0.3) is 0 Å². The Labute approximate surface area is 65.6 Å². The Morgan fingerprint density at radius 1 is 1.73 bits per heavy atom. The molecule has 0 atom stereocenters. The van der Waals surface area contributed by atoms with Crippen LogP contribution in [-0.2, 0) is 11.8 Å². The van der Waals surface area contributed by atoms with Crippen LogP contribution in [-0.4, -0.2) is 17.1 Å². The van der Waals surface area contributed by atoms with E-state index in [1.54, 1.807) is 17.6 Å². The van der Waals surface area contributed by atoms with Gasteiger partial charge in [0.15, 0.2) is 0 Å². The Kier molecular flexibility index (Phi) is 2.31. The smallest absolute Gasteiger partial charge is 0.354 e. The lowest BCUT2D eigenvalue weighted by atomic mass is 10.4. The number of aryl methyl sites for hydroxylation is 1. The maximum absolute atomic E-state index is 11.1. The van der Waals surface area contributed by atoms with Gasteiger partial charge in [-0.1, -0.05) is 0 Å². The van der Waals surface area contributed by atoms with Crippen LogP contribution in [0.2, 0.25) is 0 Å². The van der Waals surface area contributed by atoms with Crippen molar-refractivity contribution in [1.82, 2.24) is 4.57 Å². The van der Waals surface area contributed by atoms with Crippen molar-refractivity contribution in [2.24, 2.45) is 7.05 Å². The summed E-state index contributed by atoms with van der Waals surface area (Å²) in [5.74, 6) is -0.264. The fourth-order valence-corrected chi connectivity index (χ4v) is 0.878. The van der Waals surface area contributed by atoms with E-state index in [1.807, 2.05) is 19.3 Å². The predicted octanol–water partition coefficient (Wildman–Crippen LogP) is 1.20. The van der Waals surface area contributed by atoms with E-state index in [4.69, 9.17) is 4.74 Å². The van der Waals surface area contributed by atoms with E-state index in [1.165, 1.54) is 0 Å². The standard InChI is InChI=1S/C8H11NO2/c1-3-11-8(10)7-5-4-6-9(7)2/h4-6H,3H2,1-2H3. The third-order valence-corrected chi connectivity index (χ3v) is 1.43. The normalized spacial score (nSPS) is 9.64. The van der Waals surface area contributed by atoms with Gasteiger partial charge in [0, 0.05) is 13.2 Å². The summed E-state index contributed by atoms with van der Waals surface area (Å²) in [7, 11) is 1.81. The summed E-state index contributed by atoms with van der Waals surface area (Å²) in [6.07, 6.45) is 1.81. The highest BCUT2D eigenvalue weighted by atomic mass is 16.5. The number of aromatic nitrogens is 1. The number of hydrogen-bond acceptors (Lipinski definition) is 2. The topological polar surface area (TPSA) is 31.2 Å². The van der Waals surface area contributed by atoms with Crippen molar-refractivity contribution < 1.29 is 9.53 Å². The number of nitrogens with zero attached hydrogens (tertiary/aromatic N) is 1. The molecule has 3 nitrogen and oxygen atoms in total. The Bertz CT molecular complexity index is 252. The lowest BCUT2D eigenvalue weighted by molar-refractivity contribution is 0.0515. The summed E-state index contributed by atoms with van der Waals surface area (Å²) in [4.78, 5) is 11.1. The second-order valence-corrected chi connectivity index (χ2v) is 2.22. The maximum Gasteiger partial charge on any atom is 0.354 e. The lowest BCUT2D eigenvalue weighted by Crippen LogP contribution is -2.08. The number of esters is 1. The van der Waals surface area contributed by atoms with Crippen molar-refractivity contribution in [1.29, 1.82) is 0 Å². The quantitative estimate of drug-likeness (QED) is 0.598. The second-order valence-electron chi connectivity index (χ2n) is 2.22. The number of hydrogen-bond donors (Lipinski definition) is 0. The van der Waals surface area contributed by atoms with Crippen molar-refractivity contribution >= 4 is 5.97 Å².